The molecule has 1 amide bonds. The van der Waals surface area contributed by atoms with Gasteiger partial charge in [-0.3, -0.25) is 9.69 Å². The number of hydrogen-bond donors (Lipinski definition) is 3. The second-order valence-electron chi connectivity index (χ2n) is 4.88. The molecule has 1 atom stereocenters. The summed E-state index contributed by atoms with van der Waals surface area (Å²) in [5.41, 5.74) is 3.89. The van der Waals surface area contributed by atoms with Gasteiger partial charge in [-0.2, -0.15) is 0 Å². The van der Waals surface area contributed by atoms with Crippen molar-refractivity contribution in [2.75, 3.05) is 26.2 Å². The van der Waals surface area contributed by atoms with Gasteiger partial charge in [-0.05, 0) is 19.4 Å². The van der Waals surface area contributed by atoms with Crippen molar-refractivity contribution in [3.63, 3.8) is 0 Å². The molecule has 16 heavy (non-hydrogen) atoms. The number of carbonyl (C=O) groups excluding carboxylic acids is 1. The average Bonchev–Trinajstić information content (AvgIpc) is 2.17. The molecule has 0 saturated carbocycles. The SMILES string of the molecule is CC(C)NCCN1CCC[C@](O)(C(N)=O)C1. The first kappa shape index (κ1) is 13.4. The molecule has 0 unspecified atom stereocenters. The van der Waals surface area contributed by atoms with E-state index in [0.717, 1.165) is 26.1 Å². The first-order valence-electron chi connectivity index (χ1n) is 5.92. The lowest BCUT2D eigenvalue weighted by Crippen LogP contribution is -2.56. The number of piperidine rings is 1. The Balaban J connectivity index is 2.36. The second kappa shape index (κ2) is 5.61. The molecule has 1 saturated heterocycles. The van der Waals surface area contributed by atoms with Crippen LogP contribution in [-0.4, -0.2) is 53.7 Å². The van der Waals surface area contributed by atoms with Gasteiger partial charge in [-0.25, -0.2) is 0 Å². The van der Waals surface area contributed by atoms with Gasteiger partial charge in [0.05, 0.1) is 0 Å². The fourth-order valence-corrected chi connectivity index (χ4v) is 2.03. The summed E-state index contributed by atoms with van der Waals surface area (Å²) in [7, 11) is 0. The molecule has 0 bridgehead atoms. The van der Waals surface area contributed by atoms with Crippen LogP contribution in [0.2, 0.25) is 0 Å². The van der Waals surface area contributed by atoms with E-state index < -0.39 is 11.5 Å². The van der Waals surface area contributed by atoms with Crippen LogP contribution in [0.5, 0.6) is 0 Å². The highest BCUT2D eigenvalue weighted by Gasteiger charge is 2.38. The number of primary amides is 1. The lowest BCUT2D eigenvalue weighted by atomic mass is 9.92. The van der Waals surface area contributed by atoms with Crippen LogP contribution in [0.25, 0.3) is 0 Å². The van der Waals surface area contributed by atoms with Crippen LogP contribution in [0.15, 0.2) is 0 Å². The fourth-order valence-electron chi connectivity index (χ4n) is 2.03. The standard InChI is InChI=1S/C11H23N3O2/c1-9(2)13-5-7-14-6-3-4-11(16,8-14)10(12)15/h9,13,16H,3-8H2,1-2H3,(H2,12,15)/t11-/m1/s1. The van der Waals surface area contributed by atoms with Crippen LogP contribution >= 0.6 is 0 Å². The predicted molar refractivity (Wildman–Crippen MR) is 63.0 cm³/mol. The Hall–Kier alpha value is -0.650. The van der Waals surface area contributed by atoms with Crippen LogP contribution in [0.3, 0.4) is 0 Å². The van der Waals surface area contributed by atoms with Gasteiger partial charge in [0.2, 0.25) is 0 Å². The molecule has 1 fully saturated rings. The third kappa shape index (κ3) is 3.73. The monoisotopic (exact) mass is 229 g/mol. The van der Waals surface area contributed by atoms with Crippen LogP contribution in [-0.2, 0) is 4.79 Å². The Kier molecular flexibility index (Phi) is 4.70. The molecule has 0 radical (unpaired) electrons. The summed E-state index contributed by atoms with van der Waals surface area (Å²) in [5.74, 6) is -0.603. The molecule has 1 rings (SSSR count). The van der Waals surface area contributed by atoms with Crippen molar-refractivity contribution < 1.29 is 9.90 Å². The van der Waals surface area contributed by atoms with Crippen molar-refractivity contribution in [1.82, 2.24) is 10.2 Å². The average molecular weight is 229 g/mol. The lowest BCUT2D eigenvalue weighted by Gasteiger charge is -2.37. The molecule has 5 heteroatoms. The van der Waals surface area contributed by atoms with Gasteiger partial charge < -0.3 is 16.2 Å². The summed E-state index contributed by atoms with van der Waals surface area (Å²) in [6, 6.07) is 0.458. The van der Waals surface area contributed by atoms with E-state index in [4.69, 9.17) is 5.73 Å². The molecule has 4 N–H and O–H groups in total. The highest BCUT2D eigenvalue weighted by atomic mass is 16.3. The van der Waals surface area contributed by atoms with E-state index in [0.29, 0.717) is 19.0 Å². The van der Waals surface area contributed by atoms with Gasteiger partial charge in [0.25, 0.3) is 5.91 Å². The van der Waals surface area contributed by atoms with E-state index in [1.807, 2.05) is 0 Å². The largest absolute Gasteiger partial charge is 0.379 e. The summed E-state index contributed by atoms with van der Waals surface area (Å²) < 4.78 is 0. The van der Waals surface area contributed by atoms with Crippen molar-refractivity contribution in [1.29, 1.82) is 0 Å². The van der Waals surface area contributed by atoms with Crippen molar-refractivity contribution >= 4 is 5.91 Å². The van der Waals surface area contributed by atoms with Gasteiger partial charge in [-0.15, -0.1) is 0 Å². The third-order valence-electron chi connectivity index (χ3n) is 2.99. The quantitative estimate of drug-likeness (QED) is 0.582. The predicted octanol–water partition coefficient (Wildman–Crippen LogP) is -0.703. The van der Waals surface area contributed by atoms with Gasteiger partial charge in [0.15, 0.2) is 5.60 Å². The van der Waals surface area contributed by atoms with E-state index in [9.17, 15) is 9.90 Å². The molecule has 1 aliphatic heterocycles. The van der Waals surface area contributed by atoms with Crippen LogP contribution in [0, 0.1) is 0 Å². The number of hydrogen-bond acceptors (Lipinski definition) is 4. The number of nitrogens with two attached hydrogens (primary N) is 1. The lowest BCUT2D eigenvalue weighted by molar-refractivity contribution is -0.142. The second-order valence-corrected chi connectivity index (χ2v) is 4.88. The fraction of sp³-hybridized carbons (Fsp3) is 0.909. The normalized spacial score (nSPS) is 27.2. The molecule has 0 aromatic rings. The Bertz CT molecular complexity index is 245. The zero-order valence-electron chi connectivity index (χ0n) is 10.2. The minimum atomic E-state index is -1.32. The van der Waals surface area contributed by atoms with Gasteiger partial charge in [-0.1, -0.05) is 13.8 Å². The van der Waals surface area contributed by atoms with Gasteiger partial charge >= 0.3 is 0 Å². The molecule has 5 nitrogen and oxygen atoms in total. The summed E-state index contributed by atoms with van der Waals surface area (Å²) >= 11 is 0. The number of amides is 1. The number of nitrogens with one attached hydrogen (secondary N) is 1. The summed E-state index contributed by atoms with van der Waals surface area (Å²) in [6.45, 7) is 7.18. The highest BCUT2D eigenvalue weighted by Crippen LogP contribution is 2.20. The zero-order valence-corrected chi connectivity index (χ0v) is 10.2. The number of nitrogens with zero attached hydrogens (tertiary/aromatic N) is 1. The van der Waals surface area contributed by atoms with Crippen LogP contribution in [0.4, 0.5) is 0 Å². The molecule has 1 heterocycles. The Morgan fingerprint density at radius 1 is 1.62 bits per heavy atom. The number of β-amino-alcohol motifs (C(OH)–C–C–N with tert-alkyl or cyclic N) is 1. The topological polar surface area (TPSA) is 78.6 Å². The molecule has 0 aliphatic carbocycles. The molecule has 0 aromatic carbocycles. The Morgan fingerprint density at radius 3 is 2.88 bits per heavy atom. The highest BCUT2D eigenvalue weighted by molar-refractivity contribution is 5.83. The maximum atomic E-state index is 11.1. The Morgan fingerprint density at radius 2 is 2.31 bits per heavy atom. The minimum absolute atomic E-state index is 0.363. The minimum Gasteiger partial charge on any atom is -0.379 e. The van der Waals surface area contributed by atoms with E-state index in [2.05, 4.69) is 24.1 Å². The van der Waals surface area contributed by atoms with Crippen molar-refractivity contribution in [3.8, 4) is 0 Å². The van der Waals surface area contributed by atoms with Crippen molar-refractivity contribution in [3.05, 3.63) is 0 Å². The molecule has 1 aliphatic rings. The van der Waals surface area contributed by atoms with Crippen LogP contribution in [0.1, 0.15) is 26.7 Å². The number of carbonyl (C=O) groups is 1. The first-order chi connectivity index (χ1) is 7.44. The van der Waals surface area contributed by atoms with Crippen molar-refractivity contribution in [2.45, 2.75) is 38.3 Å². The smallest absolute Gasteiger partial charge is 0.250 e. The third-order valence-corrected chi connectivity index (χ3v) is 2.99. The maximum Gasteiger partial charge on any atom is 0.250 e. The summed E-state index contributed by atoms with van der Waals surface area (Å²) in [4.78, 5) is 13.2. The first-order valence-corrected chi connectivity index (χ1v) is 5.92. The van der Waals surface area contributed by atoms with E-state index in [1.54, 1.807) is 0 Å². The van der Waals surface area contributed by atoms with E-state index in [-0.39, 0.29) is 0 Å². The number of aliphatic hydroxyl groups is 1. The zero-order chi connectivity index (χ0) is 12.2. The van der Waals surface area contributed by atoms with Gasteiger partial charge in [0, 0.05) is 25.7 Å². The summed E-state index contributed by atoms with van der Waals surface area (Å²) in [5, 5.41) is 13.3. The maximum absolute atomic E-state index is 11.1. The molecule has 94 valence electrons. The van der Waals surface area contributed by atoms with Gasteiger partial charge in [0.1, 0.15) is 0 Å². The molecular weight excluding hydrogens is 206 g/mol. The Labute approximate surface area is 97.0 Å². The molecule has 0 aromatic heterocycles. The molecule has 0 spiro atoms. The van der Waals surface area contributed by atoms with E-state index in [1.165, 1.54) is 0 Å². The number of likely N-dealkylation sites (tertiary alicyclic amines) is 1. The molecular formula is C11H23N3O2. The van der Waals surface area contributed by atoms with Crippen LogP contribution < -0.4 is 11.1 Å². The summed E-state index contributed by atoms with van der Waals surface area (Å²) in [6.07, 6.45) is 1.30. The van der Waals surface area contributed by atoms with Crippen molar-refractivity contribution in [2.24, 2.45) is 5.73 Å². The van der Waals surface area contributed by atoms with E-state index >= 15 is 0 Å². The number of rotatable bonds is 5.